The Kier molecular flexibility index (Phi) is 4.05. The molecule has 1 aliphatic carbocycles. The molecule has 0 bridgehead atoms. The van der Waals surface area contributed by atoms with Crippen LogP contribution in [-0.4, -0.2) is 35.5 Å². The highest BCUT2D eigenvalue weighted by Crippen LogP contribution is 2.21. The molecule has 5 nitrogen and oxygen atoms in total. The van der Waals surface area contributed by atoms with E-state index in [-0.39, 0.29) is 5.56 Å². The Balaban J connectivity index is 1.59. The minimum Gasteiger partial charge on any atom is -0.370 e. The number of hydrogen-bond donors (Lipinski definition) is 1. The molecule has 0 amide bonds. The van der Waals surface area contributed by atoms with E-state index in [1.54, 1.807) is 10.7 Å². The Bertz CT molecular complexity index is 501. The van der Waals surface area contributed by atoms with E-state index in [4.69, 9.17) is 0 Å². The maximum Gasteiger partial charge on any atom is 0.268 e. The first-order chi connectivity index (χ1) is 9.72. The number of nitrogens with zero attached hydrogens (tertiary/aromatic N) is 3. The first-order valence-corrected chi connectivity index (χ1v) is 7.78. The third kappa shape index (κ3) is 3.39. The Labute approximate surface area is 120 Å². The topological polar surface area (TPSA) is 50.2 Å². The summed E-state index contributed by atoms with van der Waals surface area (Å²) in [7, 11) is 0. The van der Waals surface area contributed by atoms with Crippen molar-refractivity contribution < 1.29 is 0 Å². The molecule has 5 heteroatoms. The largest absolute Gasteiger partial charge is 0.370 e. The van der Waals surface area contributed by atoms with Crippen molar-refractivity contribution in [2.24, 2.45) is 5.92 Å². The van der Waals surface area contributed by atoms with Gasteiger partial charge in [0.2, 0.25) is 0 Å². The molecule has 2 heterocycles. The lowest BCUT2D eigenvalue weighted by atomic mass is 9.99. The monoisotopic (exact) mass is 276 g/mol. The van der Waals surface area contributed by atoms with Crippen LogP contribution >= 0.6 is 0 Å². The van der Waals surface area contributed by atoms with Gasteiger partial charge in [0.25, 0.3) is 5.56 Å². The van der Waals surface area contributed by atoms with Crippen LogP contribution in [0.2, 0.25) is 0 Å². The summed E-state index contributed by atoms with van der Waals surface area (Å²) in [6, 6.07) is 2.42. The van der Waals surface area contributed by atoms with Gasteiger partial charge in [-0.2, -0.15) is 5.10 Å². The van der Waals surface area contributed by atoms with Gasteiger partial charge in [0, 0.05) is 31.7 Å². The maximum atomic E-state index is 12.1. The SMILES string of the molecule is CC1CCN(c2cnn(CCNC3CC3)c(=O)c2)CC1. The van der Waals surface area contributed by atoms with Gasteiger partial charge in [-0.3, -0.25) is 4.79 Å². The number of aromatic nitrogens is 2. The molecule has 1 saturated carbocycles. The molecule has 0 aromatic carbocycles. The number of hydrogen-bond acceptors (Lipinski definition) is 4. The summed E-state index contributed by atoms with van der Waals surface area (Å²) in [5.74, 6) is 0.799. The molecule has 1 N–H and O–H groups in total. The average molecular weight is 276 g/mol. The number of rotatable bonds is 5. The van der Waals surface area contributed by atoms with E-state index in [9.17, 15) is 4.79 Å². The normalized spacial score (nSPS) is 20.4. The van der Waals surface area contributed by atoms with Gasteiger partial charge in [-0.05, 0) is 31.6 Å². The Morgan fingerprint density at radius 1 is 1.30 bits per heavy atom. The summed E-state index contributed by atoms with van der Waals surface area (Å²) in [6.45, 7) is 5.86. The maximum absolute atomic E-state index is 12.1. The van der Waals surface area contributed by atoms with Crippen molar-refractivity contribution in [3.8, 4) is 0 Å². The zero-order valence-electron chi connectivity index (χ0n) is 12.2. The highest BCUT2D eigenvalue weighted by atomic mass is 16.1. The molecule has 0 radical (unpaired) electrons. The number of nitrogens with one attached hydrogen (secondary N) is 1. The van der Waals surface area contributed by atoms with Crippen LogP contribution in [0, 0.1) is 5.92 Å². The van der Waals surface area contributed by atoms with Crippen molar-refractivity contribution in [1.82, 2.24) is 15.1 Å². The molecule has 1 saturated heterocycles. The third-order valence-corrected chi connectivity index (χ3v) is 4.34. The molecular weight excluding hydrogens is 252 g/mol. The van der Waals surface area contributed by atoms with Crippen molar-refractivity contribution >= 4 is 5.69 Å². The van der Waals surface area contributed by atoms with Crippen molar-refractivity contribution in [3.05, 3.63) is 22.6 Å². The van der Waals surface area contributed by atoms with Gasteiger partial charge in [0.1, 0.15) is 0 Å². The van der Waals surface area contributed by atoms with Crippen molar-refractivity contribution in [1.29, 1.82) is 0 Å². The van der Waals surface area contributed by atoms with Crippen molar-refractivity contribution in [2.45, 2.75) is 45.2 Å². The van der Waals surface area contributed by atoms with Crippen LogP contribution in [0.5, 0.6) is 0 Å². The van der Waals surface area contributed by atoms with E-state index in [0.717, 1.165) is 31.2 Å². The van der Waals surface area contributed by atoms with Gasteiger partial charge in [-0.15, -0.1) is 0 Å². The minimum absolute atomic E-state index is 0.0127. The van der Waals surface area contributed by atoms with Gasteiger partial charge in [-0.25, -0.2) is 4.68 Å². The van der Waals surface area contributed by atoms with E-state index in [1.807, 2.05) is 6.20 Å². The Hall–Kier alpha value is -1.36. The fourth-order valence-corrected chi connectivity index (χ4v) is 2.69. The zero-order chi connectivity index (χ0) is 13.9. The van der Waals surface area contributed by atoms with Crippen molar-refractivity contribution in [2.75, 3.05) is 24.5 Å². The third-order valence-electron chi connectivity index (χ3n) is 4.34. The van der Waals surface area contributed by atoms with E-state index in [0.29, 0.717) is 12.6 Å². The lowest BCUT2D eigenvalue weighted by Gasteiger charge is -2.31. The summed E-state index contributed by atoms with van der Waals surface area (Å²) in [5.41, 5.74) is 0.993. The van der Waals surface area contributed by atoms with Gasteiger partial charge < -0.3 is 10.2 Å². The highest BCUT2D eigenvalue weighted by molar-refractivity contribution is 5.43. The molecule has 2 aliphatic rings. The molecule has 0 atom stereocenters. The van der Waals surface area contributed by atoms with Gasteiger partial charge in [-0.1, -0.05) is 6.92 Å². The number of piperidine rings is 1. The summed E-state index contributed by atoms with van der Waals surface area (Å²) < 4.78 is 1.56. The molecule has 2 fully saturated rings. The van der Waals surface area contributed by atoms with Crippen LogP contribution in [-0.2, 0) is 6.54 Å². The van der Waals surface area contributed by atoms with Crippen LogP contribution in [0.4, 0.5) is 5.69 Å². The van der Waals surface area contributed by atoms with Gasteiger partial charge in [0.15, 0.2) is 0 Å². The molecule has 1 aromatic rings. The molecular formula is C15H24N4O. The first-order valence-electron chi connectivity index (χ1n) is 7.78. The fraction of sp³-hybridized carbons (Fsp3) is 0.733. The Morgan fingerprint density at radius 3 is 2.70 bits per heavy atom. The summed E-state index contributed by atoms with van der Waals surface area (Å²) in [5, 5.41) is 7.72. The van der Waals surface area contributed by atoms with Crippen LogP contribution in [0.15, 0.2) is 17.1 Å². The molecule has 0 spiro atoms. The molecule has 20 heavy (non-hydrogen) atoms. The van der Waals surface area contributed by atoms with Crippen molar-refractivity contribution in [3.63, 3.8) is 0 Å². The lowest BCUT2D eigenvalue weighted by Crippen LogP contribution is -2.35. The average Bonchev–Trinajstić information content (AvgIpc) is 3.26. The number of anilines is 1. The van der Waals surface area contributed by atoms with Gasteiger partial charge in [0.05, 0.1) is 18.4 Å². The van der Waals surface area contributed by atoms with Crippen LogP contribution in [0.1, 0.15) is 32.6 Å². The summed E-state index contributed by atoms with van der Waals surface area (Å²) in [6.07, 6.45) is 6.79. The highest BCUT2D eigenvalue weighted by Gasteiger charge is 2.20. The smallest absolute Gasteiger partial charge is 0.268 e. The zero-order valence-corrected chi connectivity index (χ0v) is 12.2. The molecule has 1 aromatic heterocycles. The van der Waals surface area contributed by atoms with E-state index in [1.165, 1.54) is 25.7 Å². The minimum atomic E-state index is 0.0127. The quantitative estimate of drug-likeness (QED) is 0.879. The van der Waals surface area contributed by atoms with E-state index in [2.05, 4.69) is 22.2 Å². The second kappa shape index (κ2) is 5.95. The van der Waals surface area contributed by atoms with Crippen LogP contribution in [0.25, 0.3) is 0 Å². The first kappa shape index (κ1) is 13.6. The predicted octanol–water partition coefficient (Wildman–Crippen LogP) is 1.23. The molecule has 3 rings (SSSR count). The second-order valence-electron chi connectivity index (χ2n) is 6.17. The molecule has 0 unspecified atom stereocenters. The van der Waals surface area contributed by atoms with E-state index >= 15 is 0 Å². The summed E-state index contributed by atoms with van der Waals surface area (Å²) >= 11 is 0. The second-order valence-corrected chi connectivity index (χ2v) is 6.17. The van der Waals surface area contributed by atoms with E-state index < -0.39 is 0 Å². The lowest BCUT2D eigenvalue weighted by molar-refractivity contribution is 0.437. The van der Waals surface area contributed by atoms with Gasteiger partial charge >= 0.3 is 0 Å². The fourth-order valence-electron chi connectivity index (χ4n) is 2.69. The Morgan fingerprint density at radius 2 is 2.05 bits per heavy atom. The van der Waals surface area contributed by atoms with Crippen LogP contribution in [0.3, 0.4) is 0 Å². The molecule has 110 valence electrons. The van der Waals surface area contributed by atoms with Crippen LogP contribution < -0.4 is 15.8 Å². The standard InChI is InChI=1S/C15H24N4O/c1-12-4-7-18(8-5-12)14-10-15(20)19(17-11-14)9-6-16-13-2-3-13/h10-13,16H,2-9H2,1H3. The summed E-state index contributed by atoms with van der Waals surface area (Å²) in [4.78, 5) is 14.4. The molecule has 1 aliphatic heterocycles. The predicted molar refractivity (Wildman–Crippen MR) is 80.1 cm³/mol.